The molecule has 0 radical (unpaired) electrons. The molecule has 32 heavy (non-hydrogen) atoms. The Kier molecular flexibility index (Phi) is 6.16. The minimum absolute atomic E-state index is 0.0915. The van der Waals surface area contributed by atoms with Gasteiger partial charge in [0.25, 0.3) is 0 Å². The van der Waals surface area contributed by atoms with Crippen LogP contribution in [-0.2, 0) is 22.2 Å². The second-order valence-electron chi connectivity index (χ2n) is 7.49. The summed E-state index contributed by atoms with van der Waals surface area (Å²) in [6.07, 6.45) is -10.3. The molecule has 0 bridgehead atoms. The SMILES string of the molecule is Cc1ccc(C(c2ccc(C)cc2)S(=O)(=O)c2cc(C(F)(F)F)cc(C(F)(F)F)c2)cc1. The number of alkyl halides is 6. The molecular weight excluding hydrogens is 454 g/mol. The van der Waals surface area contributed by atoms with Gasteiger partial charge in [-0.15, -0.1) is 0 Å². The molecule has 170 valence electrons. The smallest absolute Gasteiger partial charge is 0.223 e. The summed E-state index contributed by atoms with van der Waals surface area (Å²) in [4.78, 5) is -1.05. The van der Waals surface area contributed by atoms with E-state index in [0.717, 1.165) is 11.1 Å². The Labute approximate surface area is 181 Å². The van der Waals surface area contributed by atoms with E-state index in [-0.39, 0.29) is 29.3 Å². The zero-order valence-corrected chi connectivity index (χ0v) is 17.7. The summed E-state index contributed by atoms with van der Waals surface area (Å²) in [5, 5.41) is -1.49. The Morgan fingerprint density at radius 1 is 0.625 bits per heavy atom. The summed E-state index contributed by atoms with van der Waals surface area (Å²) in [6, 6.07) is 12.9. The monoisotopic (exact) mass is 472 g/mol. The predicted molar refractivity (Wildman–Crippen MR) is 108 cm³/mol. The van der Waals surface area contributed by atoms with Gasteiger partial charge in [-0.1, -0.05) is 59.7 Å². The number of hydrogen-bond acceptors (Lipinski definition) is 2. The van der Waals surface area contributed by atoms with E-state index in [1.165, 1.54) is 24.3 Å². The molecule has 0 amide bonds. The van der Waals surface area contributed by atoms with Gasteiger partial charge in [-0.2, -0.15) is 26.3 Å². The van der Waals surface area contributed by atoms with Crippen molar-refractivity contribution in [3.05, 3.63) is 100 Å². The Bertz CT molecular complexity index is 1130. The van der Waals surface area contributed by atoms with Crippen molar-refractivity contribution in [2.45, 2.75) is 36.3 Å². The van der Waals surface area contributed by atoms with Gasteiger partial charge in [0.1, 0.15) is 5.25 Å². The van der Waals surface area contributed by atoms with Crippen LogP contribution in [0.4, 0.5) is 26.3 Å². The van der Waals surface area contributed by atoms with Gasteiger partial charge >= 0.3 is 12.4 Å². The largest absolute Gasteiger partial charge is 0.416 e. The summed E-state index contributed by atoms with van der Waals surface area (Å²) < 4.78 is 107. The summed E-state index contributed by atoms with van der Waals surface area (Å²) in [5.74, 6) is 0. The highest BCUT2D eigenvalue weighted by Crippen LogP contribution is 2.41. The van der Waals surface area contributed by atoms with E-state index in [1.54, 1.807) is 38.1 Å². The van der Waals surface area contributed by atoms with Crippen LogP contribution in [0.3, 0.4) is 0 Å². The van der Waals surface area contributed by atoms with Crippen molar-refractivity contribution in [1.82, 2.24) is 0 Å². The summed E-state index contributed by atoms with van der Waals surface area (Å²) in [5.41, 5.74) is -1.29. The number of halogens is 6. The highest BCUT2D eigenvalue weighted by Gasteiger charge is 2.40. The molecular formula is C23H18F6O2S. The van der Waals surface area contributed by atoms with Crippen LogP contribution in [0.15, 0.2) is 71.6 Å². The molecule has 0 spiro atoms. The van der Waals surface area contributed by atoms with Crippen LogP contribution in [0.5, 0.6) is 0 Å². The van der Waals surface area contributed by atoms with Gasteiger partial charge in [0, 0.05) is 0 Å². The second kappa shape index (κ2) is 8.27. The highest BCUT2D eigenvalue weighted by molar-refractivity contribution is 7.92. The van der Waals surface area contributed by atoms with Crippen molar-refractivity contribution in [1.29, 1.82) is 0 Å². The molecule has 0 aliphatic carbocycles. The van der Waals surface area contributed by atoms with Crippen molar-refractivity contribution in [2.24, 2.45) is 0 Å². The molecule has 0 aromatic heterocycles. The maximum Gasteiger partial charge on any atom is 0.416 e. The molecule has 0 N–H and O–H groups in total. The lowest BCUT2D eigenvalue weighted by atomic mass is 10.0. The first-order chi connectivity index (χ1) is 14.7. The second-order valence-corrected chi connectivity index (χ2v) is 9.52. The number of aryl methyl sites for hydroxylation is 2. The highest BCUT2D eigenvalue weighted by atomic mass is 32.2. The lowest BCUT2D eigenvalue weighted by molar-refractivity contribution is -0.143. The van der Waals surface area contributed by atoms with E-state index in [2.05, 4.69) is 0 Å². The van der Waals surface area contributed by atoms with Crippen LogP contribution in [0.25, 0.3) is 0 Å². The predicted octanol–water partition coefficient (Wildman–Crippen LogP) is 6.90. The molecule has 0 aliphatic rings. The maximum atomic E-state index is 13.5. The molecule has 3 aromatic rings. The lowest BCUT2D eigenvalue weighted by Crippen LogP contribution is -2.18. The van der Waals surface area contributed by atoms with Crippen LogP contribution in [-0.4, -0.2) is 8.42 Å². The zero-order valence-electron chi connectivity index (χ0n) is 16.9. The van der Waals surface area contributed by atoms with Gasteiger partial charge in [-0.25, -0.2) is 8.42 Å². The van der Waals surface area contributed by atoms with Crippen LogP contribution in [0, 0.1) is 13.8 Å². The number of benzene rings is 3. The number of sulfone groups is 1. The molecule has 0 aliphatic heterocycles. The van der Waals surface area contributed by atoms with Crippen molar-refractivity contribution in [3.8, 4) is 0 Å². The quantitative estimate of drug-likeness (QED) is 0.387. The topological polar surface area (TPSA) is 34.1 Å². The van der Waals surface area contributed by atoms with Gasteiger partial charge in [0.15, 0.2) is 9.84 Å². The Morgan fingerprint density at radius 3 is 1.28 bits per heavy atom. The van der Waals surface area contributed by atoms with E-state index in [1.807, 2.05) is 0 Å². The molecule has 0 unspecified atom stereocenters. The summed E-state index contributed by atoms with van der Waals surface area (Å²) >= 11 is 0. The molecule has 0 atom stereocenters. The van der Waals surface area contributed by atoms with Gasteiger partial charge < -0.3 is 0 Å². The maximum absolute atomic E-state index is 13.5. The minimum Gasteiger partial charge on any atom is -0.223 e. The van der Waals surface area contributed by atoms with Crippen molar-refractivity contribution in [3.63, 3.8) is 0 Å². The molecule has 0 fully saturated rings. The van der Waals surface area contributed by atoms with Crippen LogP contribution in [0.1, 0.15) is 38.6 Å². The third-order valence-electron chi connectivity index (χ3n) is 4.96. The number of hydrogen-bond donors (Lipinski definition) is 0. The van der Waals surface area contributed by atoms with Crippen molar-refractivity contribution >= 4 is 9.84 Å². The first-order valence-corrected chi connectivity index (χ1v) is 10.9. The van der Waals surface area contributed by atoms with Crippen molar-refractivity contribution < 1.29 is 34.8 Å². The van der Waals surface area contributed by atoms with E-state index in [0.29, 0.717) is 0 Å². The Hall–Kier alpha value is -2.81. The van der Waals surface area contributed by atoms with Crippen LogP contribution in [0.2, 0.25) is 0 Å². The fourth-order valence-electron chi connectivity index (χ4n) is 3.26. The van der Waals surface area contributed by atoms with Gasteiger partial charge in [-0.3, -0.25) is 0 Å². The lowest BCUT2D eigenvalue weighted by Gasteiger charge is -2.21. The first-order valence-electron chi connectivity index (χ1n) is 9.36. The molecule has 3 rings (SSSR count). The zero-order chi connectivity index (χ0) is 23.9. The number of rotatable bonds is 4. The Balaban J connectivity index is 2.29. The van der Waals surface area contributed by atoms with E-state index >= 15 is 0 Å². The van der Waals surface area contributed by atoms with E-state index in [4.69, 9.17) is 0 Å². The van der Waals surface area contributed by atoms with E-state index in [9.17, 15) is 34.8 Å². The minimum atomic E-state index is -5.16. The fourth-order valence-corrected chi connectivity index (χ4v) is 5.15. The summed E-state index contributed by atoms with van der Waals surface area (Å²) in [7, 11) is -4.70. The molecule has 9 heteroatoms. The molecule has 0 heterocycles. The third-order valence-corrected chi connectivity index (χ3v) is 7.02. The molecule has 3 aromatic carbocycles. The van der Waals surface area contributed by atoms with Gasteiger partial charge in [-0.05, 0) is 43.2 Å². The third kappa shape index (κ3) is 4.98. The normalized spacial score (nSPS) is 12.9. The average Bonchev–Trinajstić information content (AvgIpc) is 2.69. The standard InChI is InChI=1S/C23H18F6O2S/c1-14-3-7-16(8-4-14)21(17-9-5-15(2)6-10-17)32(30,31)20-12-18(22(24,25)26)11-19(13-20)23(27,28)29/h3-13,21H,1-2H3. The molecule has 0 saturated heterocycles. The summed E-state index contributed by atoms with van der Waals surface area (Å²) in [6.45, 7) is 3.53. The molecule has 0 saturated carbocycles. The van der Waals surface area contributed by atoms with Gasteiger partial charge in [0.2, 0.25) is 0 Å². The van der Waals surface area contributed by atoms with E-state index < -0.39 is 43.5 Å². The molecule has 2 nitrogen and oxygen atoms in total. The van der Waals surface area contributed by atoms with Crippen LogP contribution < -0.4 is 0 Å². The average molecular weight is 472 g/mol. The fraction of sp³-hybridized carbons (Fsp3) is 0.217. The van der Waals surface area contributed by atoms with Crippen molar-refractivity contribution in [2.75, 3.05) is 0 Å². The van der Waals surface area contributed by atoms with Gasteiger partial charge in [0.05, 0.1) is 16.0 Å². The van der Waals surface area contributed by atoms with Crippen LogP contribution >= 0.6 is 0 Å². The Morgan fingerprint density at radius 2 is 0.969 bits per heavy atom. The first kappa shape index (κ1) is 23.8.